The van der Waals surface area contributed by atoms with Gasteiger partial charge in [0.25, 0.3) is 6.43 Å². The van der Waals surface area contributed by atoms with Crippen LogP contribution in [0, 0.1) is 6.92 Å². The molecule has 0 aliphatic carbocycles. The van der Waals surface area contributed by atoms with Crippen LogP contribution in [0.15, 0.2) is 6.07 Å². The van der Waals surface area contributed by atoms with E-state index in [-0.39, 0.29) is 27.8 Å². The summed E-state index contributed by atoms with van der Waals surface area (Å²) in [6, 6.07) is 0.978. The minimum atomic E-state index is -2.71. The fraction of sp³-hybridized carbons (Fsp3) is 0.333. The van der Waals surface area contributed by atoms with E-state index in [0.717, 1.165) is 6.07 Å². The number of hydrogen-bond donors (Lipinski definition) is 1. The van der Waals surface area contributed by atoms with Crippen molar-refractivity contribution in [2.24, 2.45) is 0 Å². The molecule has 0 fully saturated rings. The Bertz CT molecular complexity index is 396. The monoisotopic (exact) mass is 279 g/mol. The maximum Gasteiger partial charge on any atom is 0.337 e. The lowest BCUT2D eigenvalue weighted by atomic mass is 10.1. The molecule has 0 aromatic carbocycles. The second-order valence-corrected chi connectivity index (χ2v) is 3.46. The summed E-state index contributed by atoms with van der Waals surface area (Å²) >= 11 is 3.06. The zero-order chi connectivity index (χ0) is 11.6. The van der Waals surface area contributed by atoms with E-state index < -0.39 is 12.4 Å². The molecule has 0 saturated heterocycles. The second-order valence-electron chi connectivity index (χ2n) is 2.90. The van der Waals surface area contributed by atoms with Crippen molar-refractivity contribution in [1.82, 2.24) is 4.98 Å². The minimum Gasteiger partial charge on any atom is -0.478 e. The van der Waals surface area contributed by atoms with Crippen LogP contribution in [0.3, 0.4) is 0 Å². The topological polar surface area (TPSA) is 50.2 Å². The smallest absolute Gasteiger partial charge is 0.337 e. The lowest BCUT2D eigenvalue weighted by molar-refractivity contribution is 0.0695. The van der Waals surface area contributed by atoms with Crippen LogP contribution in [0.5, 0.6) is 0 Å². The highest BCUT2D eigenvalue weighted by molar-refractivity contribution is 9.08. The van der Waals surface area contributed by atoms with Gasteiger partial charge >= 0.3 is 5.97 Å². The number of carboxylic acid groups (broad SMARTS) is 1. The molecule has 1 aromatic heterocycles. The van der Waals surface area contributed by atoms with E-state index in [2.05, 4.69) is 20.9 Å². The third-order valence-corrected chi connectivity index (χ3v) is 2.45. The second kappa shape index (κ2) is 4.65. The molecule has 0 unspecified atom stereocenters. The van der Waals surface area contributed by atoms with E-state index in [1.807, 2.05) is 0 Å². The van der Waals surface area contributed by atoms with Gasteiger partial charge in [-0.15, -0.1) is 0 Å². The van der Waals surface area contributed by atoms with Gasteiger partial charge in [0, 0.05) is 16.6 Å². The number of hydrogen-bond acceptors (Lipinski definition) is 2. The van der Waals surface area contributed by atoms with Crippen molar-refractivity contribution in [3.63, 3.8) is 0 Å². The van der Waals surface area contributed by atoms with Gasteiger partial charge in [-0.3, -0.25) is 4.98 Å². The van der Waals surface area contributed by atoms with Gasteiger partial charge in [0.05, 0.1) is 11.3 Å². The van der Waals surface area contributed by atoms with Gasteiger partial charge in [-0.25, -0.2) is 13.6 Å². The summed E-state index contributed by atoms with van der Waals surface area (Å²) in [5, 5.41) is 9.01. The van der Waals surface area contributed by atoms with E-state index >= 15 is 0 Å². The Labute approximate surface area is 93.3 Å². The summed E-state index contributed by atoms with van der Waals surface area (Å²) in [5.41, 5.74) is -0.112. The molecule has 0 aliphatic rings. The Kier molecular flexibility index (Phi) is 3.73. The van der Waals surface area contributed by atoms with Crippen molar-refractivity contribution in [3.8, 4) is 0 Å². The minimum absolute atomic E-state index is 0.157. The maximum absolute atomic E-state index is 12.5. The molecule has 3 nitrogen and oxygen atoms in total. The van der Waals surface area contributed by atoms with Gasteiger partial charge in [-0.2, -0.15) is 0 Å². The summed E-state index contributed by atoms with van der Waals surface area (Å²) in [6.45, 7) is 1.43. The fourth-order valence-electron chi connectivity index (χ4n) is 1.18. The highest BCUT2D eigenvalue weighted by atomic mass is 79.9. The Morgan fingerprint density at radius 1 is 1.67 bits per heavy atom. The molecule has 82 valence electrons. The van der Waals surface area contributed by atoms with Crippen molar-refractivity contribution < 1.29 is 18.7 Å². The average Bonchev–Trinajstić information content (AvgIpc) is 2.16. The Balaban J connectivity index is 3.37. The van der Waals surface area contributed by atoms with Crippen LogP contribution in [0.25, 0.3) is 0 Å². The van der Waals surface area contributed by atoms with E-state index in [9.17, 15) is 13.6 Å². The number of rotatable bonds is 3. The van der Waals surface area contributed by atoms with Crippen LogP contribution < -0.4 is 0 Å². The first kappa shape index (κ1) is 12.0. The molecule has 0 bridgehead atoms. The highest BCUT2D eigenvalue weighted by Crippen LogP contribution is 2.24. The zero-order valence-electron chi connectivity index (χ0n) is 7.80. The number of aromatic carboxylic acids is 1. The summed E-state index contributed by atoms with van der Waals surface area (Å²) in [6.07, 6.45) is -2.71. The largest absolute Gasteiger partial charge is 0.478 e. The molecule has 0 atom stereocenters. The van der Waals surface area contributed by atoms with Crippen molar-refractivity contribution in [2.45, 2.75) is 18.7 Å². The molecule has 15 heavy (non-hydrogen) atoms. The van der Waals surface area contributed by atoms with Gasteiger partial charge < -0.3 is 5.11 Å². The number of carbonyl (C=O) groups is 1. The molecule has 6 heteroatoms. The maximum atomic E-state index is 12.5. The van der Waals surface area contributed by atoms with Crippen LogP contribution in [-0.4, -0.2) is 16.1 Å². The van der Waals surface area contributed by atoms with Gasteiger partial charge in [0.15, 0.2) is 0 Å². The Hall–Kier alpha value is -1.04. The van der Waals surface area contributed by atoms with Crippen molar-refractivity contribution in [2.75, 3.05) is 0 Å². The molecule has 1 rings (SSSR count). The summed E-state index contributed by atoms with van der Waals surface area (Å²) in [7, 11) is 0. The molecular weight excluding hydrogens is 272 g/mol. The third kappa shape index (κ3) is 2.50. The first-order valence-electron chi connectivity index (χ1n) is 4.05. The van der Waals surface area contributed by atoms with Crippen molar-refractivity contribution >= 4 is 21.9 Å². The van der Waals surface area contributed by atoms with Gasteiger partial charge in [0.2, 0.25) is 0 Å². The number of alkyl halides is 3. The summed E-state index contributed by atoms with van der Waals surface area (Å²) < 4.78 is 24.9. The van der Waals surface area contributed by atoms with Crippen molar-refractivity contribution in [1.29, 1.82) is 0 Å². The van der Waals surface area contributed by atoms with Crippen LogP contribution in [0.2, 0.25) is 0 Å². The van der Waals surface area contributed by atoms with Crippen LogP contribution in [0.4, 0.5) is 8.78 Å². The molecule has 0 radical (unpaired) electrons. The number of nitrogens with zero attached hydrogens (tertiary/aromatic N) is 1. The predicted octanol–water partition coefficient (Wildman–Crippen LogP) is 2.92. The van der Waals surface area contributed by atoms with E-state index in [1.54, 1.807) is 0 Å². The molecule has 0 saturated carbocycles. The fourth-order valence-corrected chi connectivity index (χ4v) is 1.61. The van der Waals surface area contributed by atoms with Gasteiger partial charge in [0.1, 0.15) is 0 Å². The normalized spacial score (nSPS) is 10.7. The average molecular weight is 280 g/mol. The highest BCUT2D eigenvalue weighted by Gasteiger charge is 2.18. The molecule has 1 N–H and O–H groups in total. The molecule has 0 spiro atoms. The van der Waals surface area contributed by atoms with Crippen LogP contribution in [0.1, 0.15) is 33.7 Å². The van der Waals surface area contributed by atoms with Crippen LogP contribution >= 0.6 is 15.9 Å². The van der Waals surface area contributed by atoms with E-state index in [4.69, 9.17) is 5.11 Å². The standard InChI is InChI=1S/C9H8BrF2NO2/c1-4-5(8(11)12)2-6(9(14)15)7(3-10)13-4/h2,8H,3H2,1H3,(H,14,15). The predicted molar refractivity (Wildman–Crippen MR) is 53.5 cm³/mol. The Morgan fingerprint density at radius 2 is 2.27 bits per heavy atom. The number of halogens is 3. The van der Waals surface area contributed by atoms with Gasteiger partial charge in [-0.05, 0) is 13.0 Å². The first-order chi connectivity index (χ1) is 6.97. The van der Waals surface area contributed by atoms with Crippen LogP contribution in [-0.2, 0) is 5.33 Å². The number of aromatic nitrogens is 1. The number of carboxylic acids is 1. The lowest BCUT2D eigenvalue weighted by Gasteiger charge is -2.08. The Morgan fingerprint density at radius 3 is 2.67 bits per heavy atom. The zero-order valence-corrected chi connectivity index (χ0v) is 9.38. The summed E-state index contributed by atoms with van der Waals surface area (Å²) in [5.74, 6) is -1.25. The van der Waals surface area contributed by atoms with E-state index in [1.165, 1.54) is 6.92 Å². The molecule has 1 aromatic rings. The number of pyridine rings is 1. The molecule has 0 amide bonds. The lowest BCUT2D eigenvalue weighted by Crippen LogP contribution is -2.07. The molecule has 1 heterocycles. The first-order valence-corrected chi connectivity index (χ1v) is 5.17. The third-order valence-electron chi connectivity index (χ3n) is 1.92. The SMILES string of the molecule is Cc1nc(CBr)c(C(=O)O)cc1C(F)F. The van der Waals surface area contributed by atoms with E-state index in [0.29, 0.717) is 0 Å². The van der Waals surface area contributed by atoms with Gasteiger partial charge in [-0.1, -0.05) is 15.9 Å². The molecular formula is C9H8BrF2NO2. The molecule has 0 aliphatic heterocycles. The quantitative estimate of drug-likeness (QED) is 0.866. The summed E-state index contributed by atoms with van der Waals surface area (Å²) in [4.78, 5) is 14.6. The van der Waals surface area contributed by atoms with Crippen molar-refractivity contribution in [3.05, 3.63) is 28.6 Å². The number of aryl methyl sites for hydroxylation is 1.